The molecule has 0 bridgehead atoms. The van der Waals surface area contributed by atoms with Crippen molar-refractivity contribution in [2.75, 3.05) is 18.1 Å². The summed E-state index contributed by atoms with van der Waals surface area (Å²) in [7, 11) is -3.14. The SMILES string of the molecule is CCN(C(=O)Cn1nnc(-c2cccc(C(F)(F)F)c2)n1)[C@H]1CCS(=O)(=O)C1. The number of likely N-dealkylation sites (N-methyl/N-ethyl adjacent to an activating group) is 1. The van der Waals surface area contributed by atoms with E-state index >= 15 is 0 Å². The number of sulfone groups is 1. The van der Waals surface area contributed by atoms with Crippen molar-refractivity contribution < 1.29 is 26.4 Å². The summed E-state index contributed by atoms with van der Waals surface area (Å²) < 4.78 is 61.8. The number of carbonyl (C=O) groups is 1. The lowest BCUT2D eigenvalue weighted by Gasteiger charge is -2.26. The Morgan fingerprint density at radius 2 is 2.11 bits per heavy atom. The predicted molar refractivity (Wildman–Crippen MR) is 92.7 cm³/mol. The van der Waals surface area contributed by atoms with Crippen LogP contribution in [-0.2, 0) is 27.4 Å². The fourth-order valence-corrected chi connectivity index (χ4v) is 4.86. The molecule has 0 N–H and O–H groups in total. The lowest BCUT2D eigenvalue weighted by Crippen LogP contribution is -2.42. The largest absolute Gasteiger partial charge is 0.416 e. The zero-order chi connectivity index (χ0) is 20.5. The minimum absolute atomic E-state index is 0.0367. The Balaban J connectivity index is 1.73. The zero-order valence-electron chi connectivity index (χ0n) is 14.9. The van der Waals surface area contributed by atoms with Crippen molar-refractivity contribution >= 4 is 15.7 Å². The average Bonchev–Trinajstić information content (AvgIpc) is 3.21. The molecule has 0 saturated carbocycles. The summed E-state index contributed by atoms with van der Waals surface area (Å²) in [6, 6.07) is 4.11. The summed E-state index contributed by atoms with van der Waals surface area (Å²) in [6.45, 7) is 1.79. The lowest BCUT2D eigenvalue weighted by molar-refractivity contribution is -0.137. The van der Waals surface area contributed by atoms with E-state index in [1.54, 1.807) is 6.92 Å². The molecule has 1 saturated heterocycles. The van der Waals surface area contributed by atoms with Crippen molar-refractivity contribution in [3.05, 3.63) is 29.8 Å². The summed E-state index contributed by atoms with van der Waals surface area (Å²) in [5.74, 6) is -0.446. The van der Waals surface area contributed by atoms with E-state index in [0.29, 0.717) is 13.0 Å². The predicted octanol–water partition coefficient (Wildman–Crippen LogP) is 1.39. The van der Waals surface area contributed by atoms with Gasteiger partial charge in [0.25, 0.3) is 0 Å². The highest BCUT2D eigenvalue weighted by atomic mass is 32.2. The highest BCUT2D eigenvalue weighted by Crippen LogP contribution is 2.31. The number of halogens is 3. The molecule has 152 valence electrons. The normalized spacial score (nSPS) is 18.9. The first-order valence-corrected chi connectivity index (χ1v) is 10.4. The smallest absolute Gasteiger partial charge is 0.337 e. The second-order valence-corrected chi connectivity index (χ2v) is 8.69. The van der Waals surface area contributed by atoms with Gasteiger partial charge in [-0.15, -0.1) is 10.2 Å². The van der Waals surface area contributed by atoms with Gasteiger partial charge in [-0.2, -0.15) is 18.0 Å². The Hall–Kier alpha value is -2.50. The second kappa shape index (κ2) is 7.49. The van der Waals surface area contributed by atoms with Gasteiger partial charge in [0, 0.05) is 18.2 Å². The molecule has 3 rings (SSSR count). The first kappa shape index (κ1) is 20.2. The number of tetrazole rings is 1. The van der Waals surface area contributed by atoms with Crippen LogP contribution in [0.2, 0.25) is 0 Å². The van der Waals surface area contributed by atoms with Crippen LogP contribution in [0.1, 0.15) is 18.9 Å². The number of aromatic nitrogens is 4. The molecular weight excluding hydrogens is 399 g/mol. The molecule has 0 unspecified atom stereocenters. The van der Waals surface area contributed by atoms with E-state index in [9.17, 15) is 26.4 Å². The van der Waals surface area contributed by atoms with Gasteiger partial charge in [0.15, 0.2) is 9.84 Å². The van der Waals surface area contributed by atoms with Crippen LogP contribution in [0.15, 0.2) is 24.3 Å². The maximum Gasteiger partial charge on any atom is 0.416 e. The molecule has 1 aromatic heterocycles. The van der Waals surface area contributed by atoms with E-state index in [1.807, 2.05) is 0 Å². The summed E-state index contributed by atoms with van der Waals surface area (Å²) >= 11 is 0. The molecule has 1 aliphatic rings. The number of carbonyl (C=O) groups excluding carboxylic acids is 1. The highest BCUT2D eigenvalue weighted by molar-refractivity contribution is 7.91. The Bertz CT molecular complexity index is 974. The third-order valence-corrected chi connectivity index (χ3v) is 6.24. The summed E-state index contributed by atoms with van der Waals surface area (Å²) in [4.78, 5) is 15.0. The number of hydrogen-bond donors (Lipinski definition) is 0. The number of alkyl halides is 3. The van der Waals surface area contributed by atoms with Gasteiger partial charge in [-0.1, -0.05) is 12.1 Å². The fraction of sp³-hybridized carbons (Fsp3) is 0.500. The number of hydrogen-bond acceptors (Lipinski definition) is 6. The van der Waals surface area contributed by atoms with Crippen LogP contribution in [0.5, 0.6) is 0 Å². The van der Waals surface area contributed by atoms with Gasteiger partial charge in [-0.3, -0.25) is 4.79 Å². The molecule has 12 heteroatoms. The lowest BCUT2D eigenvalue weighted by atomic mass is 10.1. The van der Waals surface area contributed by atoms with E-state index in [2.05, 4.69) is 15.4 Å². The van der Waals surface area contributed by atoms with Crippen molar-refractivity contribution in [3.8, 4) is 11.4 Å². The van der Waals surface area contributed by atoms with Crippen LogP contribution in [0, 0.1) is 0 Å². The number of amides is 1. The van der Waals surface area contributed by atoms with Crippen molar-refractivity contribution in [3.63, 3.8) is 0 Å². The molecule has 1 aromatic carbocycles. The van der Waals surface area contributed by atoms with Gasteiger partial charge >= 0.3 is 6.18 Å². The summed E-state index contributed by atoms with van der Waals surface area (Å²) in [5, 5.41) is 11.4. The summed E-state index contributed by atoms with van der Waals surface area (Å²) in [6.07, 6.45) is -4.12. The molecular formula is C16H18F3N5O3S. The Morgan fingerprint density at radius 1 is 1.36 bits per heavy atom. The first-order valence-electron chi connectivity index (χ1n) is 8.54. The van der Waals surface area contributed by atoms with Gasteiger partial charge in [-0.25, -0.2) is 8.42 Å². The van der Waals surface area contributed by atoms with E-state index in [1.165, 1.54) is 17.0 Å². The molecule has 0 spiro atoms. The zero-order valence-corrected chi connectivity index (χ0v) is 15.7. The van der Waals surface area contributed by atoms with Gasteiger partial charge in [0.1, 0.15) is 6.54 Å². The van der Waals surface area contributed by atoms with Crippen LogP contribution in [-0.4, -0.2) is 63.5 Å². The maximum atomic E-state index is 12.8. The number of nitrogens with zero attached hydrogens (tertiary/aromatic N) is 5. The fourth-order valence-electron chi connectivity index (χ4n) is 3.13. The van der Waals surface area contributed by atoms with Gasteiger partial charge in [0.05, 0.1) is 17.1 Å². The first-order chi connectivity index (χ1) is 13.1. The topological polar surface area (TPSA) is 98.1 Å². The second-order valence-electron chi connectivity index (χ2n) is 6.46. The highest BCUT2D eigenvalue weighted by Gasteiger charge is 2.34. The van der Waals surface area contributed by atoms with Crippen LogP contribution in [0.4, 0.5) is 13.2 Å². The molecule has 28 heavy (non-hydrogen) atoms. The maximum absolute atomic E-state index is 12.8. The summed E-state index contributed by atoms with van der Waals surface area (Å²) in [5.41, 5.74) is -0.709. The van der Waals surface area contributed by atoms with E-state index in [0.717, 1.165) is 16.9 Å². The standard InChI is InChI=1S/C16H18F3N5O3S/c1-2-23(13-6-7-28(26,27)10-13)14(25)9-24-21-15(20-22-24)11-4-3-5-12(8-11)16(17,18)19/h3-5,8,13H,2,6-7,9-10H2,1H3/t13-/m0/s1. The number of rotatable bonds is 5. The Morgan fingerprint density at radius 3 is 2.71 bits per heavy atom. The van der Waals surface area contributed by atoms with E-state index in [4.69, 9.17) is 0 Å². The minimum Gasteiger partial charge on any atom is -0.337 e. The molecule has 8 nitrogen and oxygen atoms in total. The molecule has 2 aromatic rings. The molecule has 1 aliphatic heterocycles. The van der Waals surface area contributed by atoms with Crippen molar-refractivity contribution in [1.82, 2.24) is 25.1 Å². The quantitative estimate of drug-likeness (QED) is 0.729. The van der Waals surface area contributed by atoms with E-state index in [-0.39, 0.29) is 35.3 Å². The Labute approximate surface area is 159 Å². The van der Waals surface area contributed by atoms with Crippen LogP contribution >= 0.6 is 0 Å². The van der Waals surface area contributed by atoms with Crippen molar-refractivity contribution in [2.45, 2.75) is 32.1 Å². The van der Waals surface area contributed by atoms with Gasteiger partial charge in [0.2, 0.25) is 11.7 Å². The average molecular weight is 417 g/mol. The molecule has 1 amide bonds. The van der Waals surface area contributed by atoms with Crippen molar-refractivity contribution in [2.24, 2.45) is 0 Å². The van der Waals surface area contributed by atoms with Crippen molar-refractivity contribution in [1.29, 1.82) is 0 Å². The third kappa shape index (κ3) is 4.49. The molecule has 1 fully saturated rings. The van der Waals surface area contributed by atoms with Crippen LogP contribution < -0.4 is 0 Å². The van der Waals surface area contributed by atoms with E-state index < -0.39 is 27.6 Å². The minimum atomic E-state index is -4.49. The van der Waals surface area contributed by atoms with Gasteiger partial charge < -0.3 is 4.90 Å². The van der Waals surface area contributed by atoms with Gasteiger partial charge in [-0.05, 0) is 30.7 Å². The Kier molecular flexibility index (Phi) is 5.41. The molecule has 0 aliphatic carbocycles. The van der Waals surface area contributed by atoms with Crippen LogP contribution in [0.3, 0.4) is 0 Å². The third-order valence-electron chi connectivity index (χ3n) is 4.49. The number of benzene rings is 1. The molecule has 1 atom stereocenters. The monoisotopic (exact) mass is 417 g/mol. The molecule has 2 heterocycles. The molecule has 0 radical (unpaired) electrons. The van der Waals surface area contributed by atoms with Crippen LogP contribution in [0.25, 0.3) is 11.4 Å².